The second-order valence-electron chi connectivity index (χ2n) is 5.82. The fourth-order valence-corrected chi connectivity index (χ4v) is 2.68. The van der Waals surface area contributed by atoms with Crippen molar-refractivity contribution >= 4 is 5.78 Å². The van der Waals surface area contributed by atoms with Gasteiger partial charge in [0.05, 0.1) is 11.3 Å². The van der Waals surface area contributed by atoms with Gasteiger partial charge in [-0.3, -0.25) is 4.79 Å². The molecule has 0 aliphatic heterocycles. The third kappa shape index (κ3) is 2.13. The Morgan fingerprint density at radius 2 is 1.85 bits per heavy atom. The van der Waals surface area contributed by atoms with Gasteiger partial charge in [0.25, 0.3) is 0 Å². The zero-order chi connectivity index (χ0) is 14.2. The molecule has 20 heavy (non-hydrogen) atoms. The van der Waals surface area contributed by atoms with Gasteiger partial charge in [-0.25, -0.2) is 9.97 Å². The molecule has 3 nitrogen and oxygen atoms in total. The lowest BCUT2D eigenvalue weighted by Gasteiger charge is -2.25. The second kappa shape index (κ2) is 4.82. The summed E-state index contributed by atoms with van der Waals surface area (Å²) in [4.78, 5) is 21.0. The highest BCUT2D eigenvalue weighted by Crippen LogP contribution is 2.30. The normalized spacial score (nSPS) is 15.0. The molecule has 3 heteroatoms. The predicted molar refractivity (Wildman–Crippen MR) is 77.9 cm³/mol. The third-order valence-electron chi connectivity index (χ3n) is 4.04. The Morgan fingerprint density at radius 3 is 2.60 bits per heavy atom. The molecule has 1 heterocycles. The molecule has 1 aromatic heterocycles. The minimum absolute atomic E-state index is 0.176. The minimum Gasteiger partial charge on any atom is -0.294 e. The Hall–Kier alpha value is -2.03. The van der Waals surface area contributed by atoms with Crippen molar-refractivity contribution in [2.45, 2.75) is 38.5 Å². The number of hydrogen-bond donors (Lipinski definition) is 0. The maximum atomic E-state index is 11.8. The number of aryl methyl sites for hydroxylation is 1. The fraction of sp³-hybridized carbons (Fsp3) is 0.353. The van der Waals surface area contributed by atoms with E-state index in [2.05, 4.69) is 35.9 Å². The van der Waals surface area contributed by atoms with Crippen molar-refractivity contribution < 1.29 is 4.79 Å². The van der Waals surface area contributed by atoms with Crippen molar-refractivity contribution in [1.82, 2.24) is 9.97 Å². The lowest BCUT2D eigenvalue weighted by molar-refractivity contribution is 0.0971. The molecular formula is C17H18N2O. The van der Waals surface area contributed by atoms with Gasteiger partial charge in [0.15, 0.2) is 5.78 Å². The number of carbonyl (C=O) groups excluding carboxylic acids is 1. The van der Waals surface area contributed by atoms with Crippen LogP contribution in [-0.4, -0.2) is 15.8 Å². The first-order valence-corrected chi connectivity index (χ1v) is 7.04. The average molecular weight is 266 g/mol. The van der Waals surface area contributed by atoms with Crippen LogP contribution < -0.4 is 0 Å². The molecule has 0 spiro atoms. The fourth-order valence-electron chi connectivity index (χ4n) is 2.68. The first-order valence-electron chi connectivity index (χ1n) is 7.04. The van der Waals surface area contributed by atoms with Gasteiger partial charge in [-0.1, -0.05) is 30.3 Å². The van der Waals surface area contributed by atoms with Crippen molar-refractivity contribution in [1.29, 1.82) is 0 Å². The number of aromatic nitrogens is 2. The third-order valence-corrected chi connectivity index (χ3v) is 4.04. The molecule has 1 aliphatic rings. The number of nitrogens with zero attached hydrogens (tertiary/aromatic N) is 2. The molecule has 3 rings (SSSR count). The summed E-state index contributed by atoms with van der Waals surface area (Å²) >= 11 is 0. The molecule has 1 aromatic carbocycles. The van der Waals surface area contributed by atoms with Crippen LogP contribution in [0.15, 0.2) is 36.5 Å². The monoisotopic (exact) mass is 266 g/mol. The van der Waals surface area contributed by atoms with Crippen LogP contribution in [0.4, 0.5) is 0 Å². The highest BCUT2D eigenvalue weighted by Gasteiger charge is 2.28. The summed E-state index contributed by atoms with van der Waals surface area (Å²) in [6, 6.07) is 10.2. The number of rotatable bonds is 2. The summed E-state index contributed by atoms with van der Waals surface area (Å²) in [5, 5.41) is 0. The molecule has 0 amide bonds. The summed E-state index contributed by atoms with van der Waals surface area (Å²) in [6.45, 7) is 4.24. The molecule has 0 radical (unpaired) electrons. The lowest BCUT2D eigenvalue weighted by atomic mass is 9.83. The van der Waals surface area contributed by atoms with E-state index in [1.807, 2.05) is 18.2 Å². The Balaban J connectivity index is 2.05. The van der Waals surface area contributed by atoms with Crippen LogP contribution in [0.2, 0.25) is 0 Å². The van der Waals surface area contributed by atoms with Crippen LogP contribution in [0.3, 0.4) is 0 Å². The molecule has 0 atom stereocenters. The molecule has 0 saturated carbocycles. The van der Waals surface area contributed by atoms with E-state index in [1.165, 1.54) is 5.56 Å². The van der Waals surface area contributed by atoms with E-state index in [4.69, 9.17) is 0 Å². The van der Waals surface area contributed by atoms with Gasteiger partial charge in [0.1, 0.15) is 5.82 Å². The Kier molecular flexibility index (Phi) is 3.13. The van der Waals surface area contributed by atoms with Crippen molar-refractivity contribution in [3.63, 3.8) is 0 Å². The highest BCUT2D eigenvalue weighted by atomic mass is 16.1. The molecule has 0 bridgehead atoms. The molecule has 1 aliphatic carbocycles. The summed E-state index contributed by atoms with van der Waals surface area (Å²) < 4.78 is 0. The van der Waals surface area contributed by atoms with Crippen LogP contribution in [0.5, 0.6) is 0 Å². The Bertz CT molecular complexity index is 647. The average Bonchev–Trinajstić information content (AvgIpc) is 2.48. The SMILES string of the molecule is CC(C)(c1ccccc1)c1ncc2c(n1)CCCC2=O. The van der Waals surface area contributed by atoms with Crippen molar-refractivity contribution in [3.05, 3.63) is 59.2 Å². The maximum Gasteiger partial charge on any atom is 0.166 e. The summed E-state index contributed by atoms with van der Waals surface area (Å²) in [5.74, 6) is 0.965. The molecule has 0 N–H and O–H groups in total. The number of hydrogen-bond acceptors (Lipinski definition) is 3. The second-order valence-corrected chi connectivity index (χ2v) is 5.82. The number of ketones is 1. The Morgan fingerprint density at radius 1 is 1.10 bits per heavy atom. The topological polar surface area (TPSA) is 42.9 Å². The quantitative estimate of drug-likeness (QED) is 0.837. The van der Waals surface area contributed by atoms with E-state index in [9.17, 15) is 4.79 Å². The summed E-state index contributed by atoms with van der Waals surface area (Å²) in [7, 11) is 0. The van der Waals surface area contributed by atoms with Crippen molar-refractivity contribution in [2.75, 3.05) is 0 Å². The summed E-state index contributed by atoms with van der Waals surface area (Å²) in [5.41, 5.74) is 2.55. The standard InChI is InChI=1S/C17H18N2O/c1-17(2,12-7-4-3-5-8-12)16-18-11-13-14(19-16)9-6-10-15(13)20/h3-5,7-8,11H,6,9-10H2,1-2H3. The first-order chi connectivity index (χ1) is 9.59. The van der Waals surface area contributed by atoms with Crippen molar-refractivity contribution in [3.8, 4) is 0 Å². The van der Waals surface area contributed by atoms with Crippen LogP contribution in [0.25, 0.3) is 0 Å². The largest absolute Gasteiger partial charge is 0.294 e. The lowest BCUT2D eigenvalue weighted by Crippen LogP contribution is -2.25. The van der Waals surface area contributed by atoms with E-state index >= 15 is 0 Å². The van der Waals surface area contributed by atoms with Gasteiger partial charge < -0.3 is 0 Å². The van der Waals surface area contributed by atoms with Gasteiger partial charge in [-0.15, -0.1) is 0 Å². The smallest absolute Gasteiger partial charge is 0.166 e. The van der Waals surface area contributed by atoms with Gasteiger partial charge in [0, 0.05) is 18.0 Å². The van der Waals surface area contributed by atoms with Crippen LogP contribution in [0.1, 0.15) is 54.1 Å². The highest BCUT2D eigenvalue weighted by molar-refractivity contribution is 5.97. The zero-order valence-corrected chi connectivity index (χ0v) is 11.9. The van der Waals surface area contributed by atoms with Crippen LogP contribution in [-0.2, 0) is 11.8 Å². The molecule has 2 aromatic rings. The van der Waals surface area contributed by atoms with E-state index in [1.54, 1.807) is 6.20 Å². The number of carbonyl (C=O) groups is 1. The molecule has 0 unspecified atom stereocenters. The molecule has 0 fully saturated rings. The maximum absolute atomic E-state index is 11.8. The zero-order valence-electron chi connectivity index (χ0n) is 11.9. The number of Topliss-reactive ketones (excluding diaryl/α,β-unsaturated/α-hetero) is 1. The number of benzene rings is 1. The van der Waals surface area contributed by atoms with Crippen LogP contribution in [0, 0.1) is 0 Å². The number of fused-ring (bicyclic) bond motifs is 1. The van der Waals surface area contributed by atoms with Gasteiger partial charge in [-0.2, -0.15) is 0 Å². The van der Waals surface area contributed by atoms with Gasteiger partial charge in [-0.05, 0) is 32.3 Å². The van der Waals surface area contributed by atoms with Gasteiger partial charge in [0.2, 0.25) is 0 Å². The van der Waals surface area contributed by atoms with E-state index in [0.29, 0.717) is 12.0 Å². The molecular weight excluding hydrogens is 248 g/mol. The predicted octanol–water partition coefficient (Wildman–Crippen LogP) is 3.32. The first kappa shape index (κ1) is 13.0. The van der Waals surface area contributed by atoms with Crippen LogP contribution >= 0.6 is 0 Å². The van der Waals surface area contributed by atoms with E-state index < -0.39 is 0 Å². The van der Waals surface area contributed by atoms with Crippen molar-refractivity contribution in [2.24, 2.45) is 0 Å². The molecule has 102 valence electrons. The van der Waals surface area contributed by atoms with E-state index in [0.717, 1.165) is 24.4 Å². The van der Waals surface area contributed by atoms with E-state index in [-0.39, 0.29) is 11.2 Å². The minimum atomic E-state index is -0.253. The van der Waals surface area contributed by atoms with Gasteiger partial charge >= 0.3 is 0 Å². The summed E-state index contributed by atoms with van der Waals surface area (Å²) in [6.07, 6.45) is 4.11. The molecule has 0 saturated heterocycles. The Labute approximate surface area is 119 Å².